The number of nitrogens with zero attached hydrogens (tertiary/aromatic N) is 2. The number of hydrogen-bond acceptors (Lipinski definition) is 5. The molecule has 1 heterocycles. The van der Waals surface area contributed by atoms with Gasteiger partial charge < -0.3 is 9.84 Å². The average Bonchev–Trinajstić information content (AvgIpc) is 3.16. The number of aryl methyl sites for hydroxylation is 1. The zero-order valence-electron chi connectivity index (χ0n) is 10.9. The molecular weight excluding hydrogens is 258 g/mol. The van der Waals surface area contributed by atoms with Crippen molar-refractivity contribution < 1.29 is 4.52 Å². The molecule has 1 aromatic carbocycles. The molecule has 1 N–H and O–H groups in total. The zero-order valence-corrected chi connectivity index (χ0v) is 11.7. The van der Waals surface area contributed by atoms with Crippen LogP contribution in [0.25, 0.3) is 0 Å². The number of rotatable bonds is 6. The minimum Gasteiger partial charge on any atom is -0.340 e. The van der Waals surface area contributed by atoms with E-state index in [0.29, 0.717) is 5.89 Å². The molecule has 0 spiro atoms. The third-order valence-corrected chi connectivity index (χ3v) is 4.00. The largest absolute Gasteiger partial charge is 0.340 e. The first-order valence-corrected chi connectivity index (χ1v) is 7.52. The van der Waals surface area contributed by atoms with Gasteiger partial charge >= 0.3 is 0 Å². The fourth-order valence-corrected chi connectivity index (χ4v) is 2.67. The van der Waals surface area contributed by atoms with Gasteiger partial charge in [0.25, 0.3) is 0 Å². The highest BCUT2D eigenvalue weighted by Gasteiger charge is 2.19. The van der Waals surface area contributed by atoms with Crippen molar-refractivity contribution in [3.05, 3.63) is 41.5 Å². The summed E-state index contributed by atoms with van der Waals surface area (Å²) in [6, 6.07) is 9.37. The lowest BCUT2D eigenvalue weighted by molar-refractivity contribution is 0.389. The molecule has 1 aromatic heterocycles. The van der Waals surface area contributed by atoms with Gasteiger partial charge in [-0.3, -0.25) is 0 Å². The molecular formula is C14H17N3OS. The lowest BCUT2D eigenvalue weighted by Gasteiger charge is -2.05. The van der Waals surface area contributed by atoms with E-state index in [1.54, 1.807) is 11.8 Å². The second-order valence-corrected chi connectivity index (χ2v) is 5.87. The molecule has 100 valence electrons. The summed E-state index contributed by atoms with van der Waals surface area (Å²) < 4.78 is 4.96. The Labute approximate surface area is 117 Å². The van der Waals surface area contributed by atoms with Gasteiger partial charge in [0.05, 0.1) is 5.75 Å². The third kappa shape index (κ3) is 3.81. The van der Waals surface area contributed by atoms with E-state index in [9.17, 15) is 0 Å². The maximum Gasteiger partial charge on any atom is 0.223 e. The Kier molecular flexibility index (Phi) is 3.84. The van der Waals surface area contributed by atoms with E-state index < -0.39 is 0 Å². The first kappa shape index (κ1) is 12.7. The summed E-state index contributed by atoms with van der Waals surface area (Å²) in [5, 5.41) is 7.43. The lowest BCUT2D eigenvalue weighted by Crippen LogP contribution is -2.15. The minimum absolute atomic E-state index is 0.623. The summed E-state index contributed by atoms with van der Waals surface area (Å²) >= 11 is 1.74. The topological polar surface area (TPSA) is 51.0 Å². The number of hydrogen-bond donors (Lipinski definition) is 1. The molecule has 2 aromatic rings. The van der Waals surface area contributed by atoms with Gasteiger partial charge in [0.2, 0.25) is 5.89 Å². The fraction of sp³-hybridized carbons (Fsp3) is 0.429. The zero-order chi connectivity index (χ0) is 13.1. The van der Waals surface area contributed by atoms with Crippen molar-refractivity contribution in [2.45, 2.75) is 43.0 Å². The molecule has 3 rings (SSSR count). The number of benzene rings is 1. The molecule has 19 heavy (non-hydrogen) atoms. The Bertz CT molecular complexity index is 551. The molecule has 5 heteroatoms. The molecule has 0 radical (unpaired) electrons. The summed E-state index contributed by atoms with van der Waals surface area (Å²) in [5.41, 5.74) is 1.33. The van der Waals surface area contributed by atoms with E-state index in [1.165, 1.54) is 23.3 Å². The van der Waals surface area contributed by atoms with Crippen LogP contribution in [0.5, 0.6) is 0 Å². The molecule has 0 bridgehead atoms. The van der Waals surface area contributed by atoms with Crippen molar-refractivity contribution >= 4 is 11.8 Å². The summed E-state index contributed by atoms with van der Waals surface area (Å²) in [7, 11) is 0. The summed E-state index contributed by atoms with van der Waals surface area (Å²) in [5.74, 6) is 2.12. The molecule has 0 atom stereocenters. The van der Waals surface area contributed by atoms with Crippen LogP contribution in [0, 0.1) is 6.92 Å². The van der Waals surface area contributed by atoms with Crippen LogP contribution in [-0.4, -0.2) is 16.2 Å². The third-order valence-electron chi connectivity index (χ3n) is 3.01. The van der Waals surface area contributed by atoms with Gasteiger partial charge in [0.1, 0.15) is 0 Å². The normalized spacial score (nSPS) is 14.8. The van der Waals surface area contributed by atoms with Crippen molar-refractivity contribution in [3.63, 3.8) is 0 Å². The smallest absolute Gasteiger partial charge is 0.223 e. The highest BCUT2D eigenvalue weighted by atomic mass is 32.2. The predicted molar refractivity (Wildman–Crippen MR) is 74.9 cm³/mol. The van der Waals surface area contributed by atoms with Crippen LogP contribution in [-0.2, 0) is 12.3 Å². The van der Waals surface area contributed by atoms with Crippen molar-refractivity contribution in [3.8, 4) is 0 Å². The molecule has 0 amide bonds. The first-order chi connectivity index (χ1) is 9.29. The Hall–Kier alpha value is -1.33. The number of thioether (sulfide) groups is 1. The van der Waals surface area contributed by atoms with E-state index in [-0.39, 0.29) is 0 Å². The van der Waals surface area contributed by atoms with Gasteiger partial charge in [0.15, 0.2) is 5.82 Å². The quantitative estimate of drug-likeness (QED) is 0.821. The van der Waals surface area contributed by atoms with E-state index in [4.69, 9.17) is 4.52 Å². The van der Waals surface area contributed by atoms with E-state index >= 15 is 0 Å². The van der Waals surface area contributed by atoms with Crippen LogP contribution in [0.2, 0.25) is 0 Å². The van der Waals surface area contributed by atoms with Crippen LogP contribution in [0.1, 0.15) is 30.1 Å². The van der Waals surface area contributed by atoms with Gasteiger partial charge in [-0.1, -0.05) is 17.3 Å². The highest BCUT2D eigenvalue weighted by Crippen LogP contribution is 2.23. The van der Waals surface area contributed by atoms with Crippen molar-refractivity contribution in [1.29, 1.82) is 0 Å². The monoisotopic (exact) mass is 275 g/mol. The molecule has 4 nitrogen and oxygen atoms in total. The van der Waals surface area contributed by atoms with E-state index in [1.807, 2.05) is 6.92 Å². The Morgan fingerprint density at radius 2 is 2.32 bits per heavy atom. The van der Waals surface area contributed by atoms with Gasteiger partial charge in [-0.25, -0.2) is 0 Å². The second kappa shape index (κ2) is 5.75. The van der Waals surface area contributed by atoms with Crippen LogP contribution in [0.3, 0.4) is 0 Å². The standard InChI is InChI=1S/C14H17N3OS/c1-10-16-14(17-18-10)9-19-13-4-2-3-11(7-13)8-15-12-5-6-12/h2-4,7,12,15H,5-6,8-9H2,1H3. The summed E-state index contributed by atoms with van der Waals surface area (Å²) in [6.07, 6.45) is 2.65. The second-order valence-electron chi connectivity index (χ2n) is 4.82. The summed E-state index contributed by atoms with van der Waals surface area (Å²) in [4.78, 5) is 5.45. The number of aromatic nitrogens is 2. The van der Waals surface area contributed by atoms with Crippen molar-refractivity contribution in [2.24, 2.45) is 0 Å². The SMILES string of the molecule is Cc1nc(CSc2cccc(CNC3CC3)c2)no1. The average molecular weight is 275 g/mol. The number of nitrogens with one attached hydrogen (secondary N) is 1. The maximum atomic E-state index is 4.96. The van der Waals surface area contributed by atoms with Crippen molar-refractivity contribution in [1.82, 2.24) is 15.5 Å². The van der Waals surface area contributed by atoms with Crippen LogP contribution in [0.4, 0.5) is 0 Å². The molecule has 0 unspecified atom stereocenters. The first-order valence-electron chi connectivity index (χ1n) is 6.54. The van der Waals surface area contributed by atoms with Gasteiger partial charge in [-0.05, 0) is 30.5 Å². The Balaban J connectivity index is 1.55. The lowest BCUT2D eigenvalue weighted by atomic mass is 10.2. The molecule has 1 aliphatic carbocycles. The fourth-order valence-electron chi connectivity index (χ4n) is 1.84. The molecule has 1 aliphatic rings. The highest BCUT2D eigenvalue weighted by molar-refractivity contribution is 7.98. The molecule has 1 fully saturated rings. The van der Waals surface area contributed by atoms with Crippen LogP contribution >= 0.6 is 11.8 Å². The molecule has 1 saturated carbocycles. The molecule has 0 aliphatic heterocycles. The Morgan fingerprint density at radius 3 is 3.05 bits per heavy atom. The minimum atomic E-state index is 0.623. The Morgan fingerprint density at radius 1 is 1.42 bits per heavy atom. The van der Waals surface area contributed by atoms with Crippen LogP contribution < -0.4 is 5.32 Å². The predicted octanol–water partition coefficient (Wildman–Crippen LogP) is 2.92. The summed E-state index contributed by atoms with van der Waals surface area (Å²) in [6.45, 7) is 2.77. The van der Waals surface area contributed by atoms with Gasteiger partial charge in [-0.2, -0.15) is 4.98 Å². The van der Waals surface area contributed by atoms with Crippen LogP contribution in [0.15, 0.2) is 33.7 Å². The van der Waals surface area contributed by atoms with E-state index in [0.717, 1.165) is 24.2 Å². The van der Waals surface area contributed by atoms with Gasteiger partial charge in [0, 0.05) is 24.4 Å². The molecule has 0 saturated heterocycles. The maximum absolute atomic E-state index is 4.96. The van der Waals surface area contributed by atoms with Gasteiger partial charge in [-0.15, -0.1) is 11.8 Å². The van der Waals surface area contributed by atoms with E-state index in [2.05, 4.69) is 39.7 Å². The van der Waals surface area contributed by atoms with Crippen molar-refractivity contribution in [2.75, 3.05) is 0 Å².